The minimum absolute atomic E-state index is 0.0155. The first-order valence-corrected chi connectivity index (χ1v) is 9.85. The maximum absolute atomic E-state index is 12.7. The molecule has 0 saturated carbocycles. The molecule has 0 N–H and O–H groups in total. The van der Waals surface area contributed by atoms with E-state index < -0.39 is 0 Å². The van der Waals surface area contributed by atoms with E-state index in [0.29, 0.717) is 43.2 Å². The van der Waals surface area contributed by atoms with Gasteiger partial charge in [0.2, 0.25) is 11.8 Å². The van der Waals surface area contributed by atoms with E-state index in [1.165, 1.54) is 11.6 Å². The molecule has 2 heterocycles. The van der Waals surface area contributed by atoms with Gasteiger partial charge in [-0.15, -0.1) is 0 Å². The minimum Gasteiger partial charge on any atom is -0.437 e. The molecule has 1 aromatic heterocycles. The first kappa shape index (κ1) is 18.9. The Kier molecular flexibility index (Phi) is 5.42. The molecule has 6 nitrogen and oxygen atoms in total. The zero-order valence-corrected chi connectivity index (χ0v) is 16.4. The number of piperazine rings is 1. The van der Waals surface area contributed by atoms with Gasteiger partial charge in [-0.05, 0) is 36.2 Å². The van der Waals surface area contributed by atoms with E-state index >= 15 is 0 Å². The molecular weight excluding hydrogens is 366 g/mol. The number of aromatic nitrogens is 1. The molecule has 2 amide bonds. The first-order valence-electron chi connectivity index (χ1n) is 9.85. The quantitative estimate of drug-likeness (QED) is 0.642. The van der Waals surface area contributed by atoms with Crippen LogP contribution in [-0.2, 0) is 11.2 Å². The van der Waals surface area contributed by atoms with Gasteiger partial charge < -0.3 is 14.2 Å². The highest BCUT2D eigenvalue weighted by atomic mass is 16.3. The van der Waals surface area contributed by atoms with Crippen LogP contribution in [0, 0.1) is 0 Å². The third-order valence-electron chi connectivity index (χ3n) is 5.17. The van der Waals surface area contributed by atoms with E-state index in [1.807, 2.05) is 48.5 Å². The number of aryl methyl sites for hydroxylation is 1. The molecule has 0 bridgehead atoms. The Balaban J connectivity index is 1.33. The number of hydrogen-bond donors (Lipinski definition) is 0. The van der Waals surface area contributed by atoms with Crippen molar-refractivity contribution in [3.8, 4) is 0 Å². The molecule has 0 atom stereocenters. The van der Waals surface area contributed by atoms with Crippen LogP contribution in [0.4, 0.5) is 0 Å². The van der Waals surface area contributed by atoms with E-state index in [2.05, 4.69) is 11.9 Å². The molecule has 1 fully saturated rings. The molecule has 148 valence electrons. The molecule has 0 unspecified atom stereocenters. The summed E-state index contributed by atoms with van der Waals surface area (Å²) < 4.78 is 5.60. The lowest BCUT2D eigenvalue weighted by molar-refractivity contribution is -0.127. The second-order valence-corrected chi connectivity index (χ2v) is 7.02. The summed E-state index contributed by atoms with van der Waals surface area (Å²) in [5.41, 5.74) is 3.36. The highest BCUT2D eigenvalue weighted by Crippen LogP contribution is 2.16. The Bertz CT molecular complexity index is 1010. The second kappa shape index (κ2) is 8.31. The maximum atomic E-state index is 12.7. The Morgan fingerprint density at radius 1 is 1.00 bits per heavy atom. The number of amides is 2. The van der Waals surface area contributed by atoms with Gasteiger partial charge in [-0.3, -0.25) is 9.59 Å². The van der Waals surface area contributed by atoms with Crippen LogP contribution >= 0.6 is 0 Å². The summed E-state index contributed by atoms with van der Waals surface area (Å²) in [5.74, 6) is 0.317. The molecule has 6 heteroatoms. The standard InChI is InChI=1S/C23H23N3O3/c1-2-17-7-9-18(10-8-17)23(28)26-15-13-25(14-16-26)22(27)12-11-21-24-19-5-3-4-6-20(19)29-21/h3-12H,2,13-16H2,1H3/b12-11+. The van der Waals surface area contributed by atoms with Crippen molar-refractivity contribution in [2.75, 3.05) is 26.2 Å². The fourth-order valence-corrected chi connectivity index (χ4v) is 3.40. The lowest BCUT2D eigenvalue weighted by atomic mass is 10.1. The van der Waals surface area contributed by atoms with Crippen molar-refractivity contribution in [3.63, 3.8) is 0 Å². The smallest absolute Gasteiger partial charge is 0.253 e. The van der Waals surface area contributed by atoms with Gasteiger partial charge in [0.05, 0.1) is 0 Å². The van der Waals surface area contributed by atoms with Gasteiger partial charge >= 0.3 is 0 Å². The van der Waals surface area contributed by atoms with Crippen molar-refractivity contribution in [2.45, 2.75) is 13.3 Å². The number of oxazole rings is 1. The van der Waals surface area contributed by atoms with Gasteiger partial charge in [0.1, 0.15) is 5.52 Å². The SMILES string of the molecule is CCc1ccc(C(=O)N2CCN(C(=O)/C=C/c3nc4ccccc4o3)CC2)cc1. The van der Waals surface area contributed by atoms with Gasteiger partial charge in [0.25, 0.3) is 5.91 Å². The predicted molar refractivity (Wildman–Crippen MR) is 111 cm³/mol. The van der Waals surface area contributed by atoms with Gasteiger partial charge in [-0.25, -0.2) is 4.98 Å². The number of nitrogens with zero attached hydrogens (tertiary/aromatic N) is 3. The van der Waals surface area contributed by atoms with E-state index in [9.17, 15) is 9.59 Å². The van der Waals surface area contributed by atoms with Crippen molar-refractivity contribution in [2.24, 2.45) is 0 Å². The first-order chi connectivity index (χ1) is 14.1. The lowest BCUT2D eigenvalue weighted by Crippen LogP contribution is -2.50. The normalized spacial score (nSPS) is 14.7. The summed E-state index contributed by atoms with van der Waals surface area (Å²) in [6.45, 7) is 4.16. The van der Waals surface area contributed by atoms with Crippen LogP contribution in [0.2, 0.25) is 0 Å². The zero-order valence-electron chi connectivity index (χ0n) is 16.4. The Labute approximate surface area is 169 Å². The lowest BCUT2D eigenvalue weighted by Gasteiger charge is -2.34. The summed E-state index contributed by atoms with van der Waals surface area (Å²) in [6, 6.07) is 15.2. The van der Waals surface area contributed by atoms with Crippen LogP contribution < -0.4 is 0 Å². The van der Waals surface area contributed by atoms with Gasteiger partial charge in [-0.1, -0.05) is 31.2 Å². The van der Waals surface area contributed by atoms with Crippen LogP contribution in [0.15, 0.2) is 59.0 Å². The van der Waals surface area contributed by atoms with Gasteiger partial charge in [0.15, 0.2) is 5.58 Å². The van der Waals surface area contributed by atoms with Crippen molar-refractivity contribution in [3.05, 3.63) is 71.6 Å². The molecule has 1 aliphatic rings. The van der Waals surface area contributed by atoms with Crippen LogP contribution in [-0.4, -0.2) is 52.8 Å². The third-order valence-corrected chi connectivity index (χ3v) is 5.17. The Morgan fingerprint density at radius 2 is 1.69 bits per heavy atom. The summed E-state index contributed by atoms with van der Waals surface area (Å²) in [6.07, 6.45) is 4.02. The third kappa shape index (κ3) is 4.21. The number of fused-ring (bicyclic) bond motifs is 1. The molecular formula is C23H23N3O3. The summed E-state index contributed by atoms with van der Waals surface area (Å²) in [4.78, 5) is 33.0. The van der Waals surface area contributed by atoms with Crippen LogP contribution in [0.1, 0.15) is 28.7 Å². The van der Waals surface area contributed by atoms with Crippen LogP contribution in [0.5, 0.6) is 0 Å². The van der Waals surface area contributed by atoms with Crippen molar-refractivity contribution in [1.82, 2.24) is 14.8 Å². The topological polar surface area (TPSA) is 66.7 Å². The Morgan fingerprint density at radius 3 is 2.38 bits per heavy atom. The number of benzene rings is 2. The van der Waals surface area contributed by atoms with Crippen molar-refractivity contribution >= 4 is 29.0 Å². The number of para-hydroxylation sites is 2. The monoisotopic (exact) mass is 389 g/mol. The average Bonchev–Trinajstić information content (AvgIpc) is 3.20. The average molecular weight is 389 g/mol. The molecule has 1 saturated heterocycles. The summed E-state index contributed by atoms with van der Waals surface area (Å²) in [7, 11) is 0. The summed E-state index contributed by atoms with van der Waals surface area (Å²) >= 11 is 0. The van der Waals surface area contributed by atoms with Gasteiger partial charge in [0, 0.05) is 43.9 Å². The zero-order chi connectivity index (χ0) is 20.2. The van der Waals surface area contributed by atoms with Crippen molar-refractivity contribution in [1.29, 1.82) is 0 Å². The molecule has 0 spiro atoms. The van der Waals surface area contributed by atoms with E-state index in [1.54, 1.807) is 15.9 Å². The van der Waals surface area contributed by atoms with Crippen LogP contribution in [0.3, 0.4) is 0 Å². The molecule has 4 rings (SSSR count). The van der Waals surface area contributed by atoms with E-state index in [4.69, 9.17) is 4.42 Å². The fourth-order valence-electron chi connectivity index (χ4n) is 3.40. The van der Waals surface area contributed by atoms with E-state index in [-0.39, 0.29) is 11.8 Å². The number of carbonyl (C=O) groups is 2. The molecule has 2 aromatic carbocycles. The highest BCUT2D eigenvalue weighted by molar-refractivity contribution is 5.95. The highest BCUT2D eigenvalue weighted by Gasteiger charge is 2.24. The van der Waals surface area contributed by atoms with Crippen LogP contribution in [0.25, 0.3) is 17.2 Å². The molecule has 0 radical (unpaired) electrons. The molecule has 1 aliphatic heterocycles. The maximum Gasteiger partial charge on any atom is 0.253 e. The molecule has 3 aromatic rings. The number of hydrogen-bond acceptors (Lipinski definition) is 4. The van der Waals surface area contributed by atoms with E-state index in [0.717, 1.165) is 11.9 Å². The number of carbonyl (C=O) groups excluding carboxylic acids is 2. The van der Waals surface area contributed by atoms with Gasteiger partial charge in [-0.2, -0.15) is 0 Å². The largest absolute Gasteiger partial charge is 0.437 e. The molecule has 0 aliphatic carbocycles. The number of rotatable bonds is 4. The minimum atomic E-state index is -0.105. The Hall–Kier alpha value is -3.41. The van der Waals surface area contributed by atoms with Crippen molar-refractivity contribution < 1.29 is 14.0 Å². The fraction of sp³-hybridized carbons (Fsp3) is 0.261. The predicted octanol–water partition coefficient (Wildman–Crippen LogP) is 3.39. The summed E-state index contributed by atoms with van der Waals surface area (Å²) in [5, 5.41) is 0. The molecule has 29 heavy (non-hydrogen) atoms. The second-order valence-electron chi connectivity index (χ2n) is 7.02.